The van der Waals surface area contributed by atoms with Gasteiger partial charge in [0.2, 0.25) is 5.91 Å². The highest BCUT2D eigenvalue weighted by molar-refractivity contribution is 6.31. The van der Waals surface area contributed by atoms with E-state index < -0.39 is 5.69 Å². The van der Waals surface area contributed by atoms with Crippen molar-refractivity contribution in [1.82, 2.24) is 14.9 Å². The standard InChI is InChI=1S/C25H22ClN3O3/c1-2-32-20-10-6-7-17(13-20)15-27-23(30)16-29-22-12-11-19(26)14-21(22)24(28-25(29)31)18-8-4-3-5-9-18/h3-14H,2,15-16H2,1H3,(H,27,30). The number of nitrogens with zero attached hydrogens (tertiary/aromatic N) is 2. The molecular weight excluding hydrogens is 426 g/mol. The molecule has 1 heterocycles. The average Bonchev–Trinajstić information content (AvgIpc) is 2.80. The van der Waals surface area contributed by atoms with Crippen molar-refractivity contribution in [2.45, 2.75) is 20.0 Å². The summed E-state index contributed by atoms with van der Waals surface area (Å²) in [5.41, 5.74) is 2.36. The molecule has 162 valence electrons. The summed E-state index contributed by atoms with van der Waals surface area (Å²) in [6.45, 7) is 2.67. The monoisotopic (exact) mass is 447 g/mol. The van der Waals surface area contributed by atoms with Crippen molar-refractivity contribution in [3.05, 3.63) is 93.9 Å². The summed E-state index contributed by atoms with van der Waals surface area (Å²) in [5, 5.41) is 4.10. The number of ether oxygens (including phenoxy) is 1. The first-order valence-electron chi connectivity index (χ1n) is 10.3. The van der Waals surface area contributed by atoms with E-state index in [-0.39, 0.29) is 12.5 Å². The van der Waals surface area contributed by atoms with Crippen LogP contribution in [0.4, 0.5) is 0 Å². The van der Waals surface area contributed by atoms with Gasteiger partial charge in [-0.25, -0.2) is 4.79 Å². The van der Waals surface area contributed by atoms with Crippen LogP contribution in [0.15, 0.2) is 77.6 Å². The second-order valence-electron chi connectivity index (χ2n) is 7.21. The van der Waals surface area contributed by atoms with Crippen LogP contribution in [0.25, 0.3) is 22.2 Å². The van der Waals surface area contributed by atoms with Crippen molar-refractivity contribution in [3.8, 4) is 17.0 Å². The van der Waals surface area contributed by atoms with Crippen LogP contribution in [0.2, 0.25) is 5.02 Å². The van der Waals surface area contributed by atoms with Gasteiger partial charge in [-0.15, -0.1) is 0 Å². The molecule has 1 amide bonds. The third-order valence-electron chi connectivity index (χ3n) is 4.99. The van der Waals surface area contributed by atoms with E-state index in [1.54, 1.807) is 18.2 Å². The Morgan fingerprint density at radius 3 is 2.66 bits per heavy atom. The number of aromatic nitrogens is 2. The molecule has 0 radical (unpaired) electrons. The maximum Gasteiger partial charge on any atom is 0.349 e. The number of hydrogen-bond donors (Lipinski definition) is 1. The van der Waals surface area contributed by atoms with Crippen LogP contribution in [0, 0.1) is 0 Å². The second kappa shape index (κ2) is 9.66. The number of hydrogen-bond acceptors (Lipinski definition) is 4. The van der Waals surface area contributed by atoms with Gasteiger partial charge in [0.15, 0.2) is 0 Å². The average molecular weight is 448 g/mol. The molecule has 0 aliphatic rings. The molecule has 0 saturated heterocycles. The molecule has 1 N–H and O–H groups in total. The van der Waals surface area contributed by atoms with Crippen LogP contribution in [-0.4, -0.2) is 22.1 Å². The SMILES string of the molecule is CCOc1cccc(CNC(=O)Cn2c(=O)nc(-c3ccccc3)c3cc(Cl)ccc32)c1. The van der Waals surface area contributed by atoms with Crippen LogP contribution in [0.5, 0.6) is 5.75 Å². The minimum absolute atomic E-state index is 0.149. The van der Waals surface area contributed by atoms with Crippen LogP contribution >= 0.6 is 11.6 Å². The molecule has 0 unspecified atom stereocenters. The molecule has 4 rings (SSSR count). The summed E-state index contributed by atoms with van der Waals surface area (Å²) in [7, 11) is 0. The molecule has 0 saturated carbocycles. The lowest BCUT2D eigenvalue weighted by Gasteiger charge is -2.13. The third kappa shape index (κ3) is 4.81. The first-order chi connectivity index (χ1) is 15.5. The number of carbonyl (C=O) groups excluding carboxylic acids is 1. The molecule has 0 bridgehead atoms. The Balaban J connectivity index is 1.61. The molecule has 4 aromatic rings. The van der Waals surface area contributed by atoms with Gasteiger partial charge in [0.25, 0.3) is 0 Å². The summed E-state index contributed by atoms with van der Waals surface area (Å²) in [6, 6.07) is 22.2. The van der Waals surface area contributed by atoms with E-state index in [1.807, 2.05) is 61.5 Å². The maximum atomic E-state index is 12.9. The van der Waals surface area contributed by atoms with E-state index in [0.717, 1.165) is 16.9 Å². The van der Waals surface area contributed by atoms with Crippen molar-refractivity contribution in [2.24, 2.45) is 0 Å². The van der Waals surface area contributed by atoms with Crippen molar-refractivity contribution in [1.29, 1.82) is 0 Å². The van der Waals surface area contributed by atoms with Crippen LogP contribution in [0.1, 0.15) is 12.5 Å². The molecule has 0 atom stereocenters. The highest BCUT2D eigenvalue weighted by Crippen LogP contribution is 2.27. The third-order valence-corrected chi connectivity index (χ3v) is 5.23. The first kappa shape index (κ1) is 21.6. The Hall–Kier alpha value is -3.64. The molecule has 32 heavy (non-hydrogen) atoms. The number of benzene rings is 3. The molecule has 0 spiro atoms. The molecule has 1 aromatic heterocycles. The van der Waals surface area contributed by atoms with Gasteiger partial charge in [-0.2, -0.15) is 4.98 Å². The molecule has 0 aliphatic carbocycles. The lowest BCUT2D eigenvalue weighted by Crippen LogP contribution is -2.33. The molecule has 0 aliphatic heterocycles. The second-order valence-corrected chi connectivity index (χ2v) is 7.65. The largest absolute Gasteiger partial charge is 0.494 e. The number of rotatable bonds is 7. The highest BCUT2D eigenvalue weighted by atomic mass is 35.5. The van der Waals surface area contributed by atoms with Gasteiger partial charge in [-0.05, 0) is 42.8 Å². The minimum atomic E-state index is -0.493. The van der Waals surface area contributed by atoms with Gasteiger partial charge in [0.1, 0.15) is 12.3 Å². The van der Waals surface area contributed by atoms with Crippen molar-refractivity contribution in [3.63, 3.8) is 0 Å². The minimum Gasteiger partial charge on any atom is -0.494 e. The zero-order chi connectivity index (χ0) is 22.5. The van der Waals surface area contributed by atoms with E-state index in [9.17, 15) is 9.59 Å². The van der Waals surface area contributed by atoms with E-state index in [0.29, 0.717) is 34.8 Å². The summed E-state index contributed by atoms with van der Waals surface area (Å²) in [5.74, 6) is 0.457. The fourth-order valence-corrected chi connectivity index (χ4v) is 3.71. The van der Waals surface area contributed by atoms with E-state index in [2.05, 4.69) is 10.3 Å². The summed E-state index contributed by atoms with van der Waals surface area (Å²) < 4.78 is 6.86. The quantitative estimate of drug-likeness (QED) is 0.454. The van der Waals surface area contributed by atoms with Gasteiger partial charge in [-0.1, -0.05) is 54.1 Å². The van der Waals surface area contributed by atoms with Crippen molar-refractivity contribution < 1.29 is 9.53 Å². The normalized spacial score (nSPS) is 10.8. The Morgan fingerprint density at radius 1 is 1.06 bits per heavy atom. The summed E-state index contributed by atoms with van der Waals surface area (Å²) in [4.78, 5) is 29.8. The van der Waals surface area contributed by atoms with Crippen LogP contribution in [0.3, 0.4) is 0 Å². The molecule has 6 nitrogen and oxygen atoms in total. The molecule has 7 heteroatoms. The maximum absolute atomic E-state index is 12.9. The van der Waals surface area contributed by atoms with Gasteiger partial charge >= 0.3 is 5.69 Å². The zero-order valence-electron chi connectivity index (χ0n) is 17.5. The number of nitrogens with one attached hydrogen (secondary N) is 1. The van der Waals surface area contributed by atoms with Gasteiger partial charge in [-0.3, -0.25) is 9.36 Å². The van der Waals surface area contributed by atoms with Crippen molar-refractivity contribution >= 4 is 28.4 Å². The van der Waals surface area contributed by atoms with E-state index >= 15 is 0 Å². The van der Waals surface area contributed by atoms with Crippen LogP contribution in [-0.2, 0) is 17.9 Å². The molecule has 0 fully saturated rings. The van der Waals surface area contributed by atoms with Crippen LogP contribution < -0.4 is 15.7 Å². The van der Waals surface area contributed by atoms with Gasteiger partial charge in [0, 0.05) is 22.5 Å². The Morgan fingerprint density at radius 2 is 1.88 bits per heavy atom. The summed E-state index contributed by atoms with van der Waals surface area (Å²) >= 11 is 6.22. The Labute approximate surface area is 190 Å². The number of halogens is 1. The lowest BCUT2D eigenvalue weighted by molar-refractivity contribution is -0.121. The number of amides is 1. The number of carbonyl (C=O) groups is 1. The lowest BCUT2D eigenvalue weighted by atomic mass is 10.1. The predicted molar refractivity (Wildman–Crippen MR) is 126 cm³/mol. The topological polar surface area (TPSA) is 73.2 Å². The highest BCUT2D eigenvalue weighted by Gasteiger charge is 2.15. The molecule has 3 aromatic carbocycles. The first-order valence-corrected chi connectivity index (χ1v) is 10.7. The van der Waals surface area contributed by atoms with E-state index in [1.165, 1.54) is 4.57 Å². The van der Waals surface area contributed by atoms with E-state index in [4.69, 9.17) is 16.3 Å². The fraction of sp³-hybridized carbons (Fsp3) is 0.160. The van der Waals surface area contributed by atoms with Gasteiger partial charge < -0.3 is 10.1 Å². The predicted octanol–water partition coefficient (Wildman–Crippen LogP) is 4.43. The smallest absolute Gasteiger partial charge is 0.349 e. The van der Waals surface area contributed by atoms with Crippen molar-refractivity contribution in [2.75, 3.05) is 6.61 Å². The molecular formula is C25H22ClN3O3. The number of fused-ring (bicyclic) bond motifs is 1. The zero-order valence-corrected chi connectivity index (χ0v) is 18.3. The summed E-state index contributed by atoms with van der Waals surface area (Å²) in [6.07, 6.45) is 0. The van der Waals surface area contributed by atoms with Gasteiger partial charge in [0.05, 0.1) is 17.8 Å². The Bertz CT molecular complexity index is 1320. The Kier molecular flexibility index (Phi) is 6.52. The fourth-order valence-electron chi connectivity index (χ4n) is 3.53.